The van der Waals surface area contributed by atoms with Crippen molar-refractivity contribution in [2.75, 3.05) is 6.61 Å². The standard InChI is InChI=1S/C14H15ClO2/c1-10-2-6-13(15)12(8-10)5-7-14(16)17-9-11-3-4-11/h2,5-8,11H,3-4,9H2,1H3/b7-5+. The molecule has 1 aliphatic rings. The van der Waals surface area contributed by atoms with Crippen LogP contribution in [0.15, 0.2) is 24.3 Å². The molecule has 0 radical (unpaired) electrons. The van der Waals surface area contributed by atoms with Crippen molar-refractivity contribution in [3.05, 3.63) is 40.4 Å². The molecule has 17 heavy (non-hydrogen) atoms. The summed E-state index contributed by atoms with van der Waals surface area (Å²) >= 11 is 6.01. The van der Waals surface area contributed by atoms with Gasteiger partial charge in [0.05, 0.1) is 6.61 Å². The van der Waals surface area contributed by atoms with Crippen molar-refractivity contribution in [2.45, 2.75) is 19.8 Å². The Balaban J connectivity index is 1.93. The molecule has 0 saturated heterocycles. The summed E-state index contributed by atoms with van der Waals surface area (Å²) in [7, 11) is 0. The van der Waals surface area contributed by atoms with Crippen molar-refractivity contribution < 1.29 is 9.53 Å². The number of hydrogen-bond donors (Lipinski definition) is 0. The highest BCUT2D eigenvalue weighted by Crippen LogP contribution is 2.28. The van der Waals surface area contributed by atoms with E-state index >= 15 is 0 Å². The van der Waals surface area contributed by atoms with Crippen LogP contribution in [-0.2, 0) is 9.53 Å². The molecular weight excluding hydrogens is 236 g/mol. The molecule has 2 rings (SSSR count). The van der Waals surface area contributed by atoms with Gasteiger partial charge in [-0.2, -0.15) is 0 Å². The first-order chi connectivity index (χ1) is 8.15. The molecule has 1 saturated carbocycles. The number of esters is 1. The number of carbonyl (C=O) groups is 1. The minimum absolute atomic E-state index is 0.297. The average molecular weight is 251 g/mol. The maximum atomic E-state index is 11.4. The molecule has 90 valence electrons. The average Bonchev–Trinajstić information content (AvgIpc) is 3.11. The minimum Gasteiger partial charge on any atom is -0.462 e. The van der Waals surface area contributed by atoms with Gasteiger partial charge in [0.2, 0.25) is 0 Å². The molecule has 0 amide bonds. The number of rotatable bonds is 4. The zero-order valence-electron chi connectivity index (χ0n) is 9.78. The highest BCUT2D eigenvalue weighted by Gasteiger charge is 2.22. The van der Waals surface area contributed by atoms with Crippen LogP contribution in [0.3, 0.4) is 0 Å². The van der Waals surface area contributed by atoms with Crippen molar-refractivity contribution in [3.8, 4) is 0 Å². The second-order valence-corrected chi connectivity index (χ2v) is 4.84. The minimum atomic E-state index is -0.297. The first-order valence-corrected chi connectivity index (χ1v) is 6.14. The van der Waals surface area contributed by atoms with Crippen molar-refractivity contribution in [1.29, 1.82) is 0 Å². The van der Waals surface area contributed by atoms with Crippen LogP contribution in [0.2, 0.25) is 5.02 Å². The van der Waals surface area contributed by atoms with E-state index in [-0.39, 0.29) is 5.97 Å². The number of hydrogen-bond acceptors (Lipinski definition) is 2. The summed E-state index contributed by atoms with van der Waals surface area (Å²) in [6, 6.07) is 5.70. The number of halogens is 1. The van der Waals surface area contributed by atoms with Crippen LogP contribution in [-0.4, -0.2) is 12.6 Å². The third-order valence-electron chi connectivity index (χ3n) is 2.71. The van der Waals surface area contributed by atoms with Gasteiger partial charge in [0.15, 0.2) is 0 Å². The fourth-order valence-electron chi connectivity index (χ4n) is 1.48. The van der Waals surface area contributed by atoms with E-state index in [1.807, 2.05) is 25.1 Å². The molecule has 0 aromatic heterocycles. The number of aryl methyl sites for hydroxylation is 1. The first kappa shape index (κ1) is 12.2. The highest BCUT2D eigenvalue weighted by atomic mass is 35.5. The van der Waals surface area contributed by atoms with Crippen molar-refractivity contribution in [1.82, 2.24) is 0 Å². The van der Waals surface area contributed by atoms with E-state index in [1.54, 1.807) is 6.08 Å². The van der Waals surface area contributed by atoms with Crippen LogP contribution in [0.4, 0.5) is 0 Å². The van der Waals surface area contributed by atoms with Crippen molar-refractivity contribution in [3.63, 3.8) is 0 Å². The van der Waals surface area contributed by atoms with E-state index in [9.17, 15) is 4.79 Å². The number of ether oxygens (including phenoxy) is 1. The van der Waals surface area contributed by atoms with Crippen LogP contribution in [0, 0.1) is 12.8 Å². The van der Waals surface area contributed by atoms with Gasteiger partial charge in [0.1, 0.15) is 0 Å². The van der Waals surface area contributed by atoms with Gasteiger partial charge in [0.25, 0.3) is 0 Å². The van der Waals surface area contributed by atoms with Crippen molar-refractivity contribution >= 4 is 23.6 Å². The maximum Gasteiger partial charge on any atom is 0.330 e. The molecule has 1 fully saturated rings. The van der Waals surface area contributed by atoms with Crippen LogP contribution in [0.1, 0.15) is 24.0 Å². The highest BCUT2D eigenvalue weighted by molar-refractivity contribution is 6.32. The van der Waals surface area contributed by atoms with Gasteiger partial charge in [-0.1, -0.05) is 29.3 Å². The summed E-state index contributed by atoms with van der Waals surface area (Å²) in [5.41, 5.74) is 1.95. The Morgan fingerprint density at radius 3 is 3.00 bits per heavy atom. The second kappa shape index (κ2) is 5.37. The molecule has 0 bridgehead atoms. The third-order valence-corrected chi connectivity index (χ3v) is 3.05. The molecule has 0 aliphatic heterocycles. The van der Waals surface area contributed by atoms with Crippen molar-refractivity contribution in [2.24, 2.45) is 5.92 Å². The summed E-state index contributed by atoms with van der Waals surface area (Å²) in [5.74, 6) is 0.296. The predicted molar refractivity (Wildman–Crippen MR) is 68.9 cm³/mol. The van der Waals surface area contributed by atoms with E-state index in [1.165, 1.54) is 18.9 Å². The van der Waals surface area contributed by atoms with E-state index in [4.69, 9.17) is 16.3 Å². The molecule has 2 nitrogen and oxygen atoms in total. The molecule has 1 aromatic rings. The van der Waals surface area contributed by atoms with Gasteiger partial charge in [-0.3, -0.25) is 0 Å². The number of carbonyl (C=O) groups excluding carboxylic acids is 1. The predicted octanol–water partition coefficient (Wildman–Crippen LogP) is 3.61. The molecule has 0 spiro atoms. The fourth-order valence-corrected chi connectivity index (χ4v) is 1.66. The summed E-state index contributed by atoms with van der Waals surface area (Å²) in [5, 5.41) is 0.641. The lowest BCUT2D eigenvalue weighted by Gasteiger charge is -2.01. The lowest BCUT2D eigenvalue weighted by Crippen LogP contribution is -2.03. The molecule has 1 aromatic carbocycles. The monoisotopic (exact) mass is 250 g/mol. The van der Waals surface area contributed by atoms with Gasteiger partial charge >= 0.3 is 5.97 Å². The van der Waals surface area contributed by atoms with E-state index in [0.29, 0.717) is 17.5 Å². The summed E-state index contributed by atoms with van der Waals surface area (Å²) in [4.78, 5) is 11.4. The molecule has 0 heterocycles. The molecular formula is C14H15ClO2. The summed E-state index contributed by atoms with van der Waals surface area (Å²) < 4.78 is 5.09. The Bertz CT molecular complexity index is 448. The Hall–Kier alpha value is -1.28. The topological polar surface area (TPSA) is 26.3 Å². The van der Waals surface area contributed by atoms with Crippen LogP contribution in [0.5, 0.6) is 0 Å². The van der Waals surface area contributed by atoms with Crippen LogP contribution >= 0.6 is 11.6 Å². The quantitative estimate of drug-likeness (QED) is 0.603. The van der Waals surface area contributed by atoms with Gasteiger partial charge in [-0.15, -0.1) is 0 Å². The fraction of sp³-hybridized carbons (Fsp3) is 0.357. The van der Waals surface area contributed by atoms with Gasteiger partial charge < -0.3 is 4.74 Å². The Morgan fingerprint density at radius 2 is 2.29 bits per heavy atom. The number of benzene rings is 1. The second-order valence-electron chi connectivity index (χ2n) is 4.43. The SMILES string of the molecule is Cc1ccc(Cl)c(/C=C/C(=O)OCC2CC2)c1. The van der Waals surface area contributed by atoms with E-state index in [2.05, 4.69) is 0 Å². The van der Waals surface area contributed by atoms with Gasteiger partial charge in [0, 0.05) is 11.1 Å². The van der Waals surface area contributed by atoms with E-state index in [0.717, 1.165) is 11.1 Å². The Morgan fingerprint density at radius 1 is 1.53 bits per heavy atom. The lowest BCUT2D eigenvalue weighted by atomic mass is 10.1. The normalized spacial score (nSPS) is 15.2. The lowest BCUT2D eigenvalue weighted by molar-refractivity contribution is -0.138. The molecule has 0 unspecified atom stereocenters. The third kappa shape index (κ3) is 3.90. The summed E-state index contributed by atoms with van der Waals surface area (Å²) in [6.07, 6.45) is 5.50. The molecule has 3 heteroatoms. The molecule has 1 aliphatic carbocycles. The van der Waals surface area contributed by atoms with E-state index < -0.39 is 0 Å². The Kier molecular flexibility index (Phi) is 3.85. The van der Waals surface area contributed by atoms with Crippen LogP contribution < -0.4 is 0 Å². The van der Waals surface area contributed by atoms with Crippen LogP contribution in [0.25, 0.3) is 6.08 Å². The zero-order valence-corrected chi connectivity index (χ0v) is 10.5. The first-order valence-electron chi connectivity index (χ1n) is 5.76. The van der Waals surface area contributed by atoms with Gasteiger partial charge in [-0.05, 0) is 43.4 Å². The molecule has 0 atom stereocenters. The maximum absolute atomic E-state index is 11.4. The zero-order chi connectivity index (χ0) is 12.3. The molecule has 0 N–H and O–H groups in total. The smallest absolute Gasteiger partial charge is 0.330 e. The Labute approximate surface area is 106 Å². The summed E-state index contributed by atoms with van der Waals surface area (Å²) in [6.45, 7) is 2.53. The van der Waals surface area contributed by atoms with Gasteiger partial charge in [-0.25, -0.2) is 4.79 Å². The largest absolute Gasteiger partial charge is 0.462 e.